The van der Waals surface area contributed by atoms with Gasteiger partial charge in [-0.05, 0) is 53.3 Å². The fourth-order valence-corrected chi connectivity index (χ4v) is 5.58. The van der Waals surface area contributed by atoms with Gasteiger partial charge >= 0.3 is 12.1 Å². The standard InChI is InChI=1S/C30H22F4N2O4/c31-24-13-23(30(32,33)34)28(17-3-1-16(2-4-17)18-9-10-35-36-14-18)22-7-8-25(29(22)24)40-20-5-6-21-19(11-27(37)38)15-39-26(21)12-20/h1-6,9-10,12-14,19,25H,7-8,11,15H2,(H,37,38)/t19?,25-/m1/s1. The summed E-state index contributed by atoms with van der Waals surface area (Å²) in [4.78, 5) is 11.1. The van der Waals surface area contributed by atoms with Gasteiger partial charge in [0.25, 0.3) is 0 Å². The number of benzene rings is 3. The number of alkyl halides is 3. The highest BCUT2D eigenvalue weighted by atomic mass is 19.4. The van der Waals surface area contributed by atoms with E-state index in [1.807, 2.05) is 0 Å². The highest BCUT2D eigenvalue weighted by Crippen LogP contribution is 2.48. The Bertz CT molecular complexity index is 1590. The topological polar surface area (TPSA) is 81.5 Å². The van der Waals surface area contributed by atoms with Gasteiger partial charge in [0.15, 0.2) is 0 Å². The van der Waals surface area contributed by atoms with Gasteiger partial charge in [-0.1, -0.05) is 30.3 Å². The van der Waals surface area contributed by atoms with Crippen LogP contribution in [-0.2, 0) is 17.4 Å². The number of nitrogens with zero attached hydrogens (tertiary/aromatic N) is 2. The Labute approximate surface area is 226 Å². The lowest BCUT2D eigenvalue weighted by Crippen LogP contribution is -2.12. The van der Waals surface area contributed by atoms with Crippen molar-refractivity contribution in [3.63, 3.8) is 0 Å². The largest absolute Gasteiger partial charge is 0.492 e. The molecule has 1 aliphatic carbocycles. The fourth-order valence-electron chi connectivity index (χ4n) is 5.58. The molecule has 2 heterocycles. The molecule has 0 bridgehead atoms. The molecule has 0 radical (unpaired) electrons. The molecule has 0 spiro atoms. The van der Waals surface area contributed by atoms with Crippen molar-refractivity contribution in [3.8, 4) is 33.8 Å². The monoisotopic (exact) mass is 550 g/mol. The van der Waals surface area contributed by atoms with E-state index in [0.29, 0.717) is 29.5 Å². The lowest BCUT2D eigenvalue weighted by molar-refractivity contribution is -0.138. The zero-order chi connectivity index (χ0) is 28.0. The molecule has 0 amide bonds. The molecule has 0 fully saturated rings. The number of carboxylic acids is 1. The maximum absolute atomic E-state index is 15.3. The van der Waals surface area contributed by atoms with Gasteiger partial charge in [0.1, 0.15) is 23.4 Å². The number of carbonyl (C=O) groups is 1. The van der Waals surface area contributed by atoms with Crippen molar-refractivity contribution in [1.29, 1.82) is 0 Å². The SMILES string of the molecule is O=C(O)CC1COc2cc(O[C@@H]3CCc4c(-c5ccc(-c6ccnnc6)cc5)c(C(F)(F)F)cc(F)c43)ccc21. The third kappa shape index (κ3) is 4.74. The van der Waals surface area contributed by atoms with Crippen LogP contribution in [0.1, 0.15) is 47.1 Å². The summed E-state index contributed by atoms with van der Waals surface area (Å²) in [6.07, 6.45) is -2.05. The molecule has 1 N–H and O–H groups in total. The first-order chi connectivity index (χ1) is 19.2. The first-order valence-corrected chi connectivity index (χ1v) is 12.6. The molecular weight excluding hydrogens is 528 g/mol. The second-order valence-corrected chi connectivity index (χ2v) is 9.83. The average molecular weight is 551 g/mol. The van der Waals surface area contributed by atoms with Gasteiger partial charge in [-0.25, -0.2) is 4.39 Å². The molecular formula is C30H22F4N2O4. The Hall–Kier alpha value is -4.47. The molecule has 40 heavy (non-hydrogen) atoms. The van der Waals surface area contributed by atoms with E-state index in [1.54, 1.807) is 54.7 Å². The molecule has 6 nitrogen and oxygen atoms in total. The summed E-state index contributed by atoms with van der Waals surface area (Å²) in [6, 6.07) is 13.9. The summed E-state index contributed by atoms with van der Waals surface area (Å²) in [6.45, 7) is 0.228. The molecule has 1 aromatic heterocycles. The second-order valence-electron chi connectivity index (χ2n) is 9.83. The minimum absolute atomic E-state index is 0.0526. The number of halogens is 4. The fraction of sp³-hybridized carbons (Fsp3) is 0.233. The zero-order valence-electron chi connectivity index (χ0n) is 20.9. The number of hydrogen-bond donors (Lipinski definition) is 1. The molecule has 4 aromatic rings. The Morgan fingerprint density at radius 1 is 1.02 bits per heavy atom. The van der Waals surface area contributed by atoms with Crippen LogP contribution >= 0.6 is 0 Å². The van der Waals surface area contributed by atoms with Gasteiger partial charge in [0.05, 0.1) is 31.0 Å². The van der Waals surface area contributed by atoms with E-state index < -0.39 is 29.6 Å². The summed E-state index contributed by atoms with van der Waals surface area (Å²) in [5.74, 6) is -1.33. The number of rotatable bonds is 6. The summed E-state index contributed by atoms with van der Waals surface area (Å²) in [5, 5.41) is 16.7. The van der Waals surface area contributed by atoms with Crippen molar-refractivity contribution in [2.75, 3.05) is 6.61 Å². The van der Waals surface area contributed by atoms with E-state index in [0.717, 1.165) is 16.7 Å². The number of aromatic nitrogens is 2. The molecule has 1 aliphatic heterocycles. The number of hydrogen-bond acceptors (Lipinski definition) is 5. The van der Waals surface area contributed by atoms with Crippen LogP contribution in [0.5, 0.6) is 11.5 Å². The van der Waals surface area contributed by atoms with Crippen LogP contribution in [0, 0.1) is 5.82 Å². The van der Waals surface area contributed by atoms with Crippen molar-refractivity contribution < 1.29 is 36.9 Å². The first kappa shape index (κ1) is 25.8. The van der Waals surface area contributed by atoms with Gasteiger partial charge < -0.3 is 14.6 Å². The van der Waals surface area contributed by atoms with Gasteiger partial charge in [-0.2, -0.15) is 23.4 Å². The maximum Gasteiger partial charge on any atom is 0.417 e. The highest BCUT2D eigenvalue weighted by molar-refractivity contribution is 5.77. The molecule has 204 valence electrons. The lowest BCUT2D eigenvalue weighted by atomic mass is 9.90. The Morgan fingerprint density at radius 3 is 2.50 bits per heavy atom. The molecule has 6 rings (SSSR count). The number of fused-ring (bicyclic) bond motifs is 2. The van der Waals surface area contributed by atoms with Gasteiger partial charge in [-0.15, -0.1) is 0 Å². The summed E-state index contributed by atoms with van der Waals surface area (Å²) in [7, 11) is 0. The van der Waals surface area contributed by atoms with E-state index in [2.05, 4.69) is 10.2 Å². The molecule has 0 saturated heterocycles. The molecule has 2 atom stereocenters. The maximum atomic E-state index is 15.3. The van der Waals surface area contributed by atoms with Crippen molar-refractivity contribution in [1.82, 2.24) is 10.2 Å². The summed E-state index contributed by atoms with van der Waals surface area (Å²) in [5.41, 5.74) is 1.90. The molecule has 0 saturated carbocycles. The van der Waals surface area contributed by atoms with Crippen molar-refractivity contribution >= 4 is 5.97 Å². The van der Waals surface area contributed by atoms with Gasteiger partial charge in [0.2, 0.25) is 0 Å². The van der Waals surface area contributed by atoms with Gasteiger partial charge in [0, 0.05) is 28.7 Å². The van der Waals surface area contributed by atoms with Crippen LogP contribution in [0.2, 0.25) is 0 Å². The first-order valence-electron chi connectivity index (χ1n) is 12.6. The highest BCUT2D eigenvalue weighted by Gasteiger charge is 2.40. The minimum Gasteiger partial charge on any atom is -0.492 e. The predicted octanol–water partition coefficient (Wildman–Crippen LogP) is 6.99. The Kier molecular flexibility index (Phi) is 6.40. The zero-order valence-corrected chi connectivity index (χ0v) is 20.9. The van der Waals surface area contributed by atoms with Crippen LogP contribution in [-0.4, -0.2) is 27.9 Å². The van der Waals surface area contributed by atoms with Crippen molar-refractivity contribution in [2.24, 2.45) is 0 Å². The van der Waals surface area contributed by atoms with E-state index in [-0.39, 0.29) is 42.1 Å². The molecule has 10 heteroatoms. The van der Waals surface area contributed by atoms with Crippen molar-refractivity contribution in [2.45, 2.75) is 37.5 Å². The van der Waals surface area contributed by atoms with Crippen LogP contribution in [0.3, 0.4) is 0 Å². The van der Waals surface area contributed by atoms with E-state index in [1.165, 1.54) is 6.20 Å². The lowest BCUT2D eigenvalue weighted by Gasteiger charge is -2.21. The smallest absolute Gasteiger partial charge is 0.417 e. The Balaban J connectivity index is 1.35. The normalized spacial score (nSPS) is 17.7. The van der Waals surface area contributed by atoms with Crippen LogP contribution in [0.4, 0.5) is 17.6 Å². The summed E-state index contributed by atoms with van der Waals surface area (Å²) < 4.78 is 69.5. The minimum atomic E-state index is -4.76. The Morgan fingerprint density at radius 2 is 1.80 bits per heavy atom. The average Bonchev–Trinajstić information content (AvgIpc) is 3.53. The van der Waals surface area contributed by atoms with E-state index in [4.69, 9.17) is 14.6 Å². The third-order valence-electron chi connectivity index (χ3n) is 7.36. The van der Waals surface area contributed by atoms with E-state index in [9.17, 15) is 18.0 Å². The third-order valence-corrected chi connectivity index (χ3v) is 7.36. The van der Waals surface area contributed by atoms with Crippen molar-refractivity contribution in [3.05, 3.63) is 95.1 Å². The second kappa shape index (κ2) is 9.93. The summed E-state index contributed by atoms with van der Waals surface area (Å²) >= 11 is 0. The van der Waals surface area contributed by atoms with Crippen LogP contribution in [0.25, 0.3) is 22.3 Å². The quantitative estimate of drug-likeness (QED) is 0.261. The predicted molar refractivity (Wildman–Crippen MR) is 136 cm³/mol. The molecule has 1 unspecified atom stereocenters. The molecule has 2 aliphatic rings. The van der Waals surface area contributed by atoms with Crippen LogP contribution < -0.4 is 9.47 Å². The van der Waals surface area contributed by atoms with Gasteiger partial charge in [-0.3, -0.25) is 4.79 Å². The number of ether oxygens (including phenoxy) is 2. The number of carboxylic acid groups (broad SMARTS) is 1. The van der Waals surface area contributed by atoms with Crippen LogP contribution in [0.15, 0.2) is 67.0 Å². The molecule has 3 aromatic carbocycles. The van der Waals surface area contributed by atoms with E-state index >= 15 is 4.39 Å². The number of aliphatic carboxylic acids is 1.